The first-order valence-corrected chi connectivity index (χ1v) is 7.18. The molecule has 91 valence electrons. The maximum absolute atomic E-state index is 2.31. The minimum Gasteiger partial charge on any atom is -0.0654 e. The molecule has 0 aliphatic heterocycles. The lowest BCUT2D eigenvalue weighted by molar-refractivity contribution is 0.553. The summed E-state index contributed by atoms with van der Waals surface area (Å²) in [4.78, 5) is 0. The van der Waals surface area contributed by atoms with Crippen LogP contribution in [0, 0.1) is 5.92 Å². The molecule has 1 radical (unpaired) electrons. The van der Waals surface area contributed by atoms with Gasteiger partial charge in [0.25, 0.3) is 0 Å². The number of rotatable bonds is 11. The van der Waals surface area contributed by atoms with E-state index in [9.17, 15) is 0 Å². The van der Waals surface area contributed by atoms with Gasteiger partial charge in [-0.15, -0.1) is 0 Å². The Morgan fingerprint density at radius 3 is 1.60 bits per heavy atom. The van der Waals surface area contributed by atoms with Crippen molar-refractivity contribution in [3.05, 3.63) is 5.92 Å². The van der Waals surface area contributed by atoms with E-state index >= 15 is 0 Å². The van der Waals surface area contributed by atoms with Crippen LogP contribution >= 0.6 is 0 Å². The van der Waals surface area contributed by atoms with Gasteiger partial charge in [0.1, 0.15) is 0 Å². The highest BCUT2D eigenvalue weighted by atomic mass is 14.1. The quantitative estimate of drug-likeness (QED) is 0.373. The summed E-state index contributed by atoms with van der Waals surface area (Å²) in [7, 11) is 0. The van der Waals surface area contributed by atoms with Crippen molar-refractivity contribution in [1.29, 1.82) is 0 Å². The molecule has 0 unspecified atom stereocenters. The van der Waals surface area contributed by atoms with Crippen LogP contribution in [-0.4, -0.2) is 0 Å². The third kappa shape index (κ3) is 10.3. The Kier molecular flexibility index (Phi) is 12.1. The fourth-order valence-electron chi connectivity index (χ4n) is 2.16. The molecular weight excluding hydrogens is 180 g/mol. The lowest BCUT2D eigenvalue weighted by Crippen LogP contribution is -1.98. The van der Waals surface area contributed by atoms with Gasteiger partial charge in [-0.25, -0.2) is 0 Å². The summed E-state index contributed by atoms with van der Waals surface area (Å²) in [5.41, 5.74) is 0. The fourth-order valence-corrected chi connectivity index (χ4v) is 2.16. The molecule has 0 fully saturated rings. The van der Waals surface area contributed by atoms with E-state index in [4.69, 9.17) is 0 Å². The van der Waals surface area contributed by atoms with Gasteiger partial charge in [0.05, 0.1) is 0 Å². The molecule has 0 aromatic carbocycles. The lowest BCUT2D eigenvalue weighted by atomic mass is 9.91. The minimum atomic E-state index is 1.34. The van der Waals surface area contributed by atoms with E-state index in [-0.39, 0.29) is 0 Å². The van der Waals surface area contributed by atoms with Crippen LogP contribution in [0.2, 0.25) is 0 Å². The van der Waals surface area contributed by atoms with Crippen LogP contribution in [0.25, 0.3) is 0 Å². The molecule has 0 saturated heterocycles. The second-order valence-electron chi connectivity index (χ2n) is 4.77. The van der Waals surface area contributed by atoms with Gasteiger partial charge in [0, 0.05) is 0 Å². The number of hydrogen-bond donors (Lipinski definition) is 0. The van der Waals surface area contributed by atoms with Gasteiger partial charge in [0.2, 0.25) is 0 Å². The molecule has 0 aliphatic rings. The van der Waals surface area contributed by atoms with Gasteiger partial charge in [-0.2, -0.15) is 0 Å². The first-order valence-electron chi connectivity index (χ1n) is 7.18. The van der Waals surface area contributed by atoms with E-state index < -0.39 is 0 Å². The average molecular weight is 211 g/mol. The Bertz CT molecular complexity index is 107. The standard InChI is InChI=1S/C15H31/c1-4-7-9-11-14-15(12-6-3)13-10-8-5-2/h4-14H2,1-3H3. The highest BCUT2D eigenvalue weighted by Gasteiger charge is 2.07. The summed E-state index contributed by atoms with van der Waals surface area (Å²) in [6.45, 7) is 6.89. The maximum Gasteiger partial charge on any atom is -0.0241 e. The van der Waals surface area contributed by atoms with Gasteiger partial charge >= 0.3 is 0 Å². The van der Waals surface area contributed by atoms with Gasteiger partial charge in [-0.1, -0.05) is 72.1 Å². The fraction of sp³-hybridized carbons (Fsp3) is 0.933. The number of hydrogen-bond acceptors (Lipinski definition) is 0. The van der Waals surface area contributed by atoms with Crippen molar-refractivity contribution in [3.63, 3.8) is 0 Å². The van der Waals surface area contributed by atoms with Crippen LogP contribution in [0.15, 0.2) is 0 Å². The lowest BCUT2D eigenvalue weighted by Gasteiger charge is -2.14. The van der Waals surface area contributed by atoms with E-state index in [1.54, 1.807) is 0 Å². The SMILES string of the molecule is CCCCCC[C](CCC)CCCCC. The van der Waals surface area contributed by atoms with E-state index in [2.05, 4.69) is 20.8 Å². The second kappa shape index (κ2) is 12.1. The molecule has 0 heteroatoms. The zero-order chi connectivity index (χ0) is 11.4. The molecule has 0 atom stereocenters. The Morgan fingerprint density at radius 1 is 0.533 bits per heavy atom. The predicted molar refractivity (Wildman–Crippen MR) is 71.1 cm³/mol. The van der Waals surface area contributed by atoms with Gasteiger partial charge in [0.15, 0.2) is 0 Å². The molecule has 0 aliphatic carbocycles. The molecule has 0 heterocycles. The average Bonchev–Trinajstić information content (AvgIpc) is 2.24. The molecule has 0 bridgehead atoms. The maximum atomic E-state index is 2.31. The smallest absolute Gasteiger partial charge is 0.0241 e. The Balaban J connectivity index is 3.44. The molecular formula is C15H31. The zero-order valence-electron chi connectivity index (χ0n) is 11.3. The van der Waals surface area contributed by atoms with Gasteiger partial charge < -0.3 is 0 Å². The normalized spacial score (nSPS) is 11.2. The molecule has 0 aromatic heterocycles. The molecule has 0 aromatic rings. The second-order valence-corrected chi connectivity index (χ2v) is 4.77. The molecule has 0 rings (SSSR count). The van der Waals surface area contributed by atoms with Crippen molar-refractivity contribution in [1.82, 2.24) is 0 Å². The van der Waals surface area contributed by atoms with Crippen molar-refractivity contribution in [2.45, 2.75) is 91.4 Å². The molecule has 15 heavy (non-hydrogen) atoms. The highest BCUT2D eigenvalue weighted by molar-refractivity contribution is 4.88. The third-order valence-electron chi connectivity index (χ3n) is 3.12. The zero-order valence-corrected chi connectivity index (χ0v) is 11.3. The van der Waals surface area contributed by atoms with E-state index in [0.717, 1.165) is 0 Å². The Morgan fingerprint density at radius 2 is 1.07 bits per heavy atom. The summed E-state index contributed by atoms with van der Waals surface area (Å²) in [5, 5.41) is 0. The van der Waals surface area contributed by atoms with Crippen LogP contribution in [-0.2, 0) is 0 Å². The minimum absolute atomic E-state index is 1.34. The van der Waals surface area contributed by atoms with E-state index in [1.807, 2.05) is 5.92 Å². The van der Waals surface area contributed by atoms with Crippen LogP contribution < -0.4 is 0 Å². The summed E-state index contributed by atoms with van der Waals surface area (Å²) in [6.07, 6.45) is 15.4. The molecule has 0 spiro atoms. The van der Waals surface area contributed by atoms with E-state index in [0.29, 0.717) is 0 Å². The monoisotopic (exact) mass is 211 g/mol. The largest absolute Gasteiger partial charge is 0.0654 e. The van der Waals surface area contributed by atoms with Crippen molar-refractivity contribution in [2.24, 2.45) is 0 Å². The third-order valence-corrected chi connectivity index (χ3v) is 3.12. The predicted octanol–water partition coefficient (Wildman–Crippen LogP) is 5.91. The topological polar surface area (TPSA) is 0 Å². The summed E-state index contributed by atoms with van der Waals surface area (Å²) in [5.74, 6) is 1.85. The van der Waals surface area contributed by atoms with Crippen LogP contribution in [0.3, 0.4) is 0 Å². The first-order chi connectivity index (χ1) is 7.35. The molecule has 0 nitrogen and oxygen atoms in total. The molecule has 0 saturated carbocycles. The summed E-state index contributed by atoms with van der Waals surface area (Å²) in [6, 6.07) is 0. The number of unbranched alkanes of at least 4 members (excludes halogenated alkanes) is 5. The van der Waals surface area contributed by atoms with E-state index in [1.165, 1.54) is 70.6 Å². The summed E-state index contributed by atoms with van der Waals surface area (Å²) >= 11 is 0. The Labute approximate surface area is 97.8 Å². The van der Waals surface area contributed by atoms with Gasteiger partial charge in [-0.05, 0) is 25.2 Å². The van der Waals surface area contributed by atoms with Crippen LogP contribution in [0.1, 0.15) is 91.4 Å². The van der Waals surface area contributed by atoms with Gasteiger partial charge in [-0.3, -0.25) is 0 Å². The van der Waals surface area contributed by atoms with Crippen molar-refractivity contribution < 1.29 is 0 Å². The summed E-state index contributed by atoms with van der Waals surface area (Å²) < 4.78 is 0. The van der Waals surface area contributed by atoms with Crippen molar-refractivity contribution in [2.75, 3.05) is 0 Å². The van der Waals surface area contributed by atoms with Crippen LogP contribution in [0.5, 0.6) is 0 Å². The molecule has 0 N–H and O–H groups in total. The Hall–Kier alpha value is 0. The molecule has 0 amide bonds. The van der Waals surface area contributed by atoms with Crippen molar-refractivity contribution in [3.8, 4) is 0 Å². The highest BCUT2D eigenvalue weighted by Crippen LogP contribution is 2.24. The van der Waals surface area contributed by atoms with Crippen LogP contribution in [0.4, 0.5) is 0 Å². The van der Waals surface area contributed by atoms with Crippen molar-refractivity contribution >= 4 is 0 Å². The first kappa shape index (κ1) is 15.0.